The molecule has 0 aliphatic heterocycles. The van der Waals surface area contributed by atoms with Crippen LogP contribution in [-0.4, -0.2) is 50.1 Å². The smallest absolute Gasteiger partial charge is 0.264 e. The highest BCUT2D eigenvalue weighted by molar-refractivity contribution is 7.92. The van der Waals surface area contributed by atoms with Crippen LogP contribution in [0.25, 0.3) is 0 Å². The van der Waals surface area contributed by atoms with Crippen LogP contribution in [0.4, 0.5) is 5.69 Å². The molecule has 0 heterocycles. The van der Waals surface area contributed by atoms with Crippen LogP contribution >= 0.6 is 0 Å². The highest BCUT2D eigenvalue weighted by atomic mass is 32.2. The lowest BCUT2D eigenvalue weighted by molar-refractivity contribution is 0.0268. The fourth-order valence-electron chi connectivity index (χ4n) is 3.88. The summed E-state index contributed by atoms with van der Waals surface area (Å²) in [6, 6.07) is 14.7. The summed E-state index contributed by atoms with van der Waals surface area (Å²) in [5, 5.41) is 10.2. The monoisotopic (exact) mass is 416 g/mol. The van der Waals surface area contributed by atoms with Crippen LogP contribution in [0.3, 0.4) is 0 Å². The maximum absolute atomic E-state index is 13.0. The zero-order valence-electron chi connectivity index (χ0n) is 16.9. The van der Waals surface area contributed by atoms with Gasteiger partial charge in [-0.3, -0.25) is 9.10 Å². The van der Waals surface area contributed by atoms with Crippen LogP contribution in [-0.2, 0) is 10.0 Å². The van der Waals surface area contributed by atoms with Gasteiger partial charge in [-0.25, -0.2) is 8.42 Å². The minimum atomic E-state index is -3.67. The SMILES string of the molecule is CCN(c1ccc(C(=O)N(C)[C@@H]2CCCC[C@H]2O)cc1)S(=O)(=O)c1ccccc1. The molecule has 3 rings (SSSR count). The predicted molar refractivity (Wildman–Crippen MR) is 113 cm³/mol. The Balaban J connectivity index is 1.80. The van der Waals surface area contributed by atoms with Crippen LogP contribution in [0.5, 0.6) is 0 Å². The van der Waals surface area contributed by atoms with E-state index in [2.05, 4.69) is 0 Å². The third kappa shape index (κ3) is 4.46. The lowest BCUT2D eigenvalue weighted by Crippen LogP contribution is -2.46. The molecule has 0 spiro atoms. The van der Waals surface area contributed by atoms with E-state index < -0.39 is 16.1 Å². The molecule has 29 heavy (non-hydrogen) atoms. The van der Waals surface area contributed by atoms with Gasteiger partial charge in [-0.1, -0.05) is 31.0 Å². The molecule has 0 saturated heterocycles. The number of carbonyl (C=O) groups is 1. The van der Waals surface area contributed by atoms with Gasteiger partial charge in [0.2, 0.25) is 0 Å². The standard InChI is InChI=1S/C22H28N2O4S/c1-3-24(29(27,28)19-9-5-4-6-10-19)18-15-13-17(14-16-18)22(26)23(2)20-11-7-8-12-21(20)25/h4-6,9-10,13-16,20-21,25H,3,7-8,11-12H2,1-2H3/t20-,21-/m1/s1. The van der Waals surface area contributed by atoms with E-state index >= 15 is 0 Å². The Morgan fingerprint density at radius 1 is 1.03 bits per heavy atom. The molecular formula is C22H28N2O4S. The van der Waals surface area contributed by atoms with Crippen molar-refractivity contribution in [2.75, 3.05) is 17.9 Å². The van der Waals surface area contributed by atoms with Crippen LogP contribution in [0.15, 0.2) is 59.5 Å². The lowest BCUT2D eigenvalue weighted by atomic mass is 9.91. The first kappa shape index (κ1) is 21.3. The summed E-state index contributed by atoms with van der Waals surface area (Å²) in [5.74, 6) is -0.170. The third-order valence-corrected chi connectivity index (χ3v) is 7.45. The van der Waals surface area contributed by atoms with Crippen LogP contribution in [0.2, 0.25) is 0 Å². The van der Waals surface area contributed by atoms with Crippen molar-refractivity contribution >= 4 is 21.6 Å². The van der Waals surface area contributed by atoms with Crippen molar-refractivity contribution in [2.45, 2.75) is 49.6 Å². The number of amides is 1. The number of carbonyl (C=O) groups excluding carboxylic acids is 1. The van der Waals surface area contributed by atoms with Crippen molar-refractivity contribution in [1.29, 1.82) is 0 Å². The molecule has 0 aromatic heterocycles. The molecule has 156 valence electrons. The topological polar surface area (TPSA) is 77.9 Å². The maximum Gasteiger partial charge on any atom is 0.264 e. The molecule has 1 aliphatic carbocycles. The number of aliphatic hydroxyl groups is 1. The second-order valence-corrected chi connectivity index (χ2v) is 9.23. The quantitative estimate of drug-likeness (QED) is 0.784. The average Bonchev–Trinajstić information content (AvgIpc) is 2.74. The highest BCUT2D eigenvalue weighted by Gasteiger charge is 2.30. The Hall–Kier alpha value is -2.38. The fourth-order valence-corrected chi connectivity index (χ4v) is 5.37. The molecule has 1 aliphatic rings. The summed E-state index contributed by atoms with van der Waals surface area (Å²) in [6.45, 7) is 2.05. The molecule has 0 unspecified atom stereocenters. The first-order chi connectivity index (χ1) is 13.9. The molecule has 1 amide bonds. The Morgan fingerprint density at radius 2 is 1.66 bits per heavy atom. The molecule has 1 saturated carbocycles. The summed E-state index contributed by atoms with van der Waals surface area (Å²) < 4.78 is 27.2. The van der Waals surface area contributed by atoms with Gasteiger partial charge in [0.05, 0.1) is 22.7 Å². The van der Waals surface area contributed by atoms with Gasteiger partial charge in [0.25, 0.3) is 15.9 Å². The molecule has 6 nitrogen and oxygen atoms in total. The Labute approximate surface area is 172 Å². The summed E-state index contributed by atoms with van der Waals surface area (Å²) in [5.41, 5.74) is 0.982. The van der Waals surface area contributed by atoms with E-state index in [0.717, 1.165) is 19.3 Å². The van der Waals surface area contributed by atoms with Crippen molar-refractivity contribution in [1.82, 2.24) is 4.90 Å². The van der Waals surface area contributed by atoms with Gasteiger partial charge in [-0.2, -0.15) is 0 Å². The molecule has 0 bridgehead atoms. The molecule has 2 aromatic rings. The molecule has 1 N–H and O–H groups in total. The number of sulfonamides is 1. The number of rotatable bonds is 6. The Kier molecular flexibility index (Phi) is 6.59. The van der Waals surface area contributed by atoms with Crippen LogP contribution in [0.1, 0.15) is 43.0 Å². The number of aliphatic hydroxyl groups excluding tert-OH is 1. The minimum absolute atomic E-state index is 0.170. The molecular weight excluding hydrogens is 388 g/mol. The van der Waals surface area contributed by atoms with Crippen molar-refractivity contribution in [3.8, 4) is 0 Å². The molecule has 0 radical (unpaired) electrons. The maximum atomic E-state index is 13.0. The molecule has 2 aromatic carbocycles. The van der Waals surface area contributed by atoms with Gasteiger partial charge < -0.3 is 10.0 Å². The van der Waals surface area contributed by atoms with Crippen molar-refractivity contribution in [3.05, 3.63) is 60.2 Å². The summed E-state index contributed by atoms with van der Waals surface area (Å²) >= 11 is 0. The third-order valence-electron chi connectivity index (χ3n) is 5.53. The average molecular weight is 417 g/mol. The van der Waals surface area contributed by atoms with E-state index in [0.29, 0.717) is 17.7 Å². The van der Waals surface area contributed by atoms with Crippen molar-refractivity contribution in [3.63, 3.8) is 0 Å². The molecule has 2 atom stereocenters. The number of nitrogens with zero attached hydrogens (tertiary/aromatic N) is 2. The molecule has 7 heteroatoms. The first-order valence-corrected chi connectivity index (χ1v) is 11.4. The van der Waals surface area contributed by atoms with Gasteiger partial charge >= 0.3 is 0 Å². The van der Waals surface area contributed by atoms with Gasteiger partial charge in [-0.15, -0.1) is 0 Å². The second kappa shape index (κ2) is 8.97. The normalized spacial score (nSPS) is 19.6. The van der Waals surface area contributed by atoms with Gasteiger partial charge in [-0.05, 0) is 56.2 Å². The van der Waals surface area contributed by atoms with Gasteiger partial charge in [0.1, 0.15) is 0 Å². The number of likely N-dealkylation sites (N-methyl/N-ethyl adjacent to an activating group) is 1. The lowest BCUT2D eigenvalue weighted by Gasteiger charge is -2.35. The predicted octanol–water partition coefficient (Wildman–Crippen LogP) is 3.28. The van der Waals surface area contributed by atoms with E-state index in [1.165, 1.54) is 4.31 Å². The number of hydrogen-bond acceptors (Lipinski definition) is 4. The molecule has 1 fully saturated rings. The second-order valence-electron chi connectivity index (χ2n) is 7.36. The summed E-state index contributed by atoms with van der Waals surface area (Å²) in [6.07, 6.45) is 2.99. The summed E-state index contributed by atoms with van der Waals surface area (Å²) in [4.78, 5) is 14.7. The number of hydrogen-bond donors (Lipinski definition) is 1. The van der Waals surface area contributed by atoms with Gasteiger partial charge in [0.15, 0.2) is 0 Å². The van der Waals surface area contributed by atoms with E-state index in [-0.39, 0.29) is 23.4 Å². The Bertz CT molecular complexity index is 929. The summed E-state index contributed by atoms with van der Waals surface area (Å²) in [7, 11) is -1.96. The first-order valence-electron chi connectivity index (χ1n) is 9.99. The zero-order chi connectivity index (χ0) is 21.0. The van der Waals surface area contributed by atoms with Crippen LogP contribution in [0, 0.1) is 0 Å². The fraction of sp³-hybridized carbons (Fsp3) is 0.409. The minimum Gasteiger partial charge on any atom is -0.391 e. The zero-order valence-corrected chi connectivity index (χ0v) is 17.7. The van der Waals surface area contributed by atoms with Gasteiger partial charge in [0, 0.05) is 19.2 Å². The van der Waals surface area contributed by atoms with Crippen molar-refractivity contribution < 1.29 is 18.3 Å². The van der Waals surface area contributed by atoms with Crippen molar-refractivity contribution in [2.24, 2.45) is 0 Å². The van der Waals surface area contributed by atoms with E-state index in [1.54, 1.807) is 73.5 Å². The largest absolute Gasteiger partial charge is 0.391 e. The van der Waals surface area contributed by atoms with E-state index in [4.69, 9.17) is 0 Å². The van der Waals surface area contributed by atoms with E-state index in [9.17, 15) is 18.3 Å². The highest BCUT2D eigenvalue weighted by Crippen LogP contribution is 2.26. The number of anilines is 1. The van der Waals surface area contributed by atoms with Crippen LogP contribution < -0.4 is 4.31 Å². The number of benzene rings is 2. The van der Waals surface area contributed by atoms with E-state index in [1.807, 2.05) is 0 Å². The Morgan fingerprint density at radius 3 is 2.24 bits per heavy atom.